The van der Waals surface area contributed by atoms with E-state index in [9.17, 15) is 9.59 Å². The Morgan fingerprint density at radius 3 is 3.00 bits per heavy atom. The minimum atomic E-state index is -0.0893. The summed E-state index contributed by atoms with van der Waals surface area (Å²) in [6.45, 7) is 7.10. The Morgan fingerprint density at radius 1 is 1.25 bits per heavy atom. The first-order valence-electron chi connectivity index (χ1n) is 10.7. The lowest BCUT2D eigenvalue weighted by atomic mass is 10.0. The van der Waals surface area contributed by atoms with Crippen LogP contribution < -0.4 is 10.9 Å². The monoisotopic (exact) mass is 382 g/mol. The lowest BCUT2D eigenvalue weighted by Gasteiger charge is -2.30. The minimum Gasteiger partial charge on any atom is -0.352 e. The molecule has 0 saturated carbocycles. The number of aryl methyl sites for hydroxylation is 1. The highest BCUT2D eigenvalue weighted by Gasteiger charge is 2.17. The number of fused-ring (bicyclic) bond motifs is 2. The number of piperidine rings is 1. The van der Waals surface area contributed by atoms with E-state index in [1.54, 1.807) is 22.8 Å². The second kappa shape index (κ2) is 8.43. The van der Waals surface area contributed by atoms with Crippen molar-refractivity contribution in [1.82, 2.24) is 19.8 Å². The van der Waals surface area contributed by atoms with Crippen LogP contribution in [0.25, 0.3) is 10.9 Å². The Bertz CT molecular complexity index is 921. The van der Waals surface area contributed by atoms with E-state index in [0.29, 0.717) is 23.0 Å². The Balaban J connectivity index is 1.38. The van der Waals surface area contributed by atoms with E-state index in [1.165, 1.54) is 25.9 Å². The minimum absolute atomic E-state index is 0.0161. The van der Waals surface area contributed by atoms with Crippen LogP contribution in [0.15, 0.2) is 23.0 Å². The third kappa shape index (κ3) is 4.12. The molecule has 0 aliphatic carbocycles. The summed E-state index contributed by atoms with van der Waals surface area (Å²) in [5.41, 5.74) is 1.22. The van der Waals surface area contributed by atoms with Crippen molar-refractivity contribution in [1.29, 1.82) is 0 Å². The topological polar surface area (TPSA) is 67.2 Å². The van der Waals surface area contributed by atoms with Gasteiger partial charge >= 0.3 is 0 Å². The molecule has 6 nitrogen and oxygen atoms in total. The van der Waals surface area contributed by atoms with Crippen LogP contribution >= 0.6 is 0 Å². The summed E-state index contributed by atoms with van der Waals surface area (Å²) in [6, 6.07) is 5.24. The summed E-state index contributed by atoms with van der Waals surface area (Å²) in [5.74, 6) is 1.54. The van der Waals surface area contributed by atoms with Gasteiger partial charge in [0, 0.05) is 31.6 Å². The van der Waals surface area contributed by atoms with Gasteiger partial charge in [0.05, 0.1) is 10.9 Å². The first kappa shape index (κ1) is 19.1. The largest absolute Gasteiger partial charge is 0.352 e. The SMILES string of the molecule is CC1CCCN(CCCNC(=O)c2ccc3c(=O)n4c(nc3c2)CCCC4)C1. The van der Waals surface area contributed by atoms with Crippen molar-refractivity contribution in [2.24, 2.45) is 5.92 Å². The number of carbonyl (C=O) groups is 1. The predicted octanol–water partition coefficient (Wildman–Crippen LogP) is 2.58. The van der Waals surface area contributed by atoms with Crippen LogP contribution in [0.4, 0.5) is 0 Å². The van der Waals surface area contributed by atoms with Crippen molar-refractivity contribution in [2.45, 2.75) is 52.0 Å². The maximum atomic E-state index is 12.7. The van der Waals surface area contributed by atoms with Gasteiger partial charge in [-0.25, -0.2) is 4.98 Å². The second-order valence-corrected chi connectivity index (χ2v) is 8.33. The third-order valence-electron chi connectivity index (χ3n) is 6.01. The fraction of sp³-hybridized carbons (Fsp3) is 0.591. The molecular formula is C22H30N4O2. The zero-order valence-corrected chi connectivity index (χ0v) is 16.7. The molecule has 2 aliphatic heterocycles. The Hall–Kier alpha value is -2.21. The van der Waals surface area contributed by atoms with E-state index < -0.39 is 0 Å². The lowest BCUT2D eigenvalue weighted by Crippen LogP contribution is -2.36. The van der Waals surface area contributed by atoms with E-state index >= 15 is 0 Å². The van der Waals surface area contributed by atoms with Gasteiger partial charge in [0.1, 0.15) is 5.82 Å². The van der Waals surface area contributed by atoms with Crippen molar-refractivity contribution >= 4 is 16.8 Å². The molecule has 1 unspecified atom stereocenters. The highest BCUT2D eigenvalue weighted by atomic mass is 16.1. The number of likely N-dealkylation sites (tertiary alicyclic amines) is 1. The third-order valence-corrected chi connectivity index (χ3v) is 6.01. The standard InChI is InChI=1S/C22H30N4O2/c1-16-6-4-11-25(15-16)12-5-10-23-21(27)17-8-9-18-19(14-17)24-20-7-2-3-13-26(20)22(18)28/h8-9,14,16H,2-7,10-13,15H2,1H3,(H,23,27). The summed E-state index contributed by atoms with van der Waals surface area (Å²) in [4.78, 5) is 32.3. The summed E-state index contributed by atoms with van der Waals surface area (Å²) in [7, 11) is 0. The van der Waals surface area contributed by atoms with Gasteiger partial charge in [0.2, 0.25) is 0 Å². The van der Waals surface area contributed by atoms with Gasteiger partial charge in [0.15, 0.2) is 0 Å². The average Bonchev–Trinajstić information content (AvgIpc) is 2.71. The normalized spacial score (nSPS) is 20.1. The van der Waals surface area contributed by atoms with Crippen molar-refractivity contribution in [3.05, 3.63) is 39.9 Å². The van der Waals surface area contributed by atoms with Gasteiger partial charge in [-0.15, -0.1) is 0 Å². The average molecular weight is 383 g/mol. The molecule has 1 fully saturated rings. The molecule has 1 amide bonds. The Morgan fingerprint density at radius 2 is 2.14 bits per heavy atom. The Kier molecular flexibility index (Phi) is 5.76. The Labute approximate surface area is 165 Å². The fourth-order valence-electron chi connectivity index (χ4n) is 4.48. The predicted molar refractivity (Wildman–Crippen MR) is 111 cm³/mol. The van der Waals surface area contributed by atoms with Crippen LogP contribution in [0.5, 0.6) is 0 Å². The lowest BCUT2D eigenvalue weighted by molar-refractivity contribution is 0.0950. The van der Waals surface area contributed by atoms with Crippen molar-refractivity contribution in [2.75, 3.05) is 26.2 Å². The van der Waals surface area contributed by atoms with E-state index in [-0.39, 0.29) is 11.5 Å². The first-order valence-corrected chi connectivity index (χ1v) is 10.7. The number of nitrogens with one attached hydrogen (secondary N) is 1. The van der Waals surface area contributed by atoms with Crippen LogP contribution in [-0.4, -0.2) is 46.5 Å². The van der Waals surface area contributed by atoms with E-state index in [2.05, 4.69) is 22.1 Å². The maximum absolute atomic E-state index is 12.7. The van der Waals surface area contributed by atoms with E-state index in [1.807, 2.05) is 0 Å². The molecule has 150 valence electrons. The van der Waals surface area contributed by atoms with Crippen molar-refractivity contribution in [3.8, 4) is 0 Å². The molecule has 1 aromatic carbocycles. The van der Waals surface area contributed by atoms with E-state index in [4.69, 9.17) is 0 Å². The molecule has 4 rings (SSSR count). The molecule has 3 heterocycles. The van der Waals surface area contributed by atoms with Crippen molar-refractivity contribution in [3.63, 3.8) is 0 Å². The zero-order chi connectivity index (χ0) is 19.5. The molecule has 6 heteroatoms. The maximum Gasteiger partial charge on any atom is 0.261 e. The zero-order valence-electron chi connectivity index (χ0n) is 16.7. The molecule has 2 aromatic rings. The van der Waals surface area contributed by atoms with Crippen LogP contribution in [-0.2, 0) is 13.0 Å². The molecular weight excluding hydrogens is 352 g/mol. The van der Waals surface area contributed by atoms with Crippen LogP contribution in [0, 0.1) is 5.92 Å². The summed E-state index contributed by atoms with van der Waals surface area (Å²) >= 11 is 0. The highest BCUT2D eigenvalue weighted by Crippen LogP contribution is 2.17. The number of nitrogens with zero attached hydrogens (tertiary/aromatic N) is 3. The van der Waals surface area contributed by atoms with Gasteiger partial charge in [-0.3, -0.25) is 14.2 Å². The van der Waals surface area contributed by atoms with Gasteiger partial charge in [-0.2, -0.15) is 0 Å². The second-order valence-electron chi connectivity index (χ2n) is 8.33. The highest BCUT2D eigenvalue weighted by molar-refractivity contribution is 5.97. The molecule has 1 N–H and O–H groups in total. The molecule has 28 heavy (non-hydrogen) atoms. The van der Waals surface area contributed by atoms with Crippen LogP contribution in [0.2, 0.25) is 0 Å². The molecule has 1 atom stereocenters. The van der Waals surface area contributed by atoms with Gasteiger partial charge < -0.3 is 10.2 Å². The number of hydrogen-bond acceptors (Lipinski definition) is 4. The number of carbonyl (C=O) groups excluding carboxylic acids is 1. The van der Waals surface area contributed by atoms with Crippen molar-refractivity contribution < 1.29 is 4.79 Å². The first-order chi connectivity index (χ1) is 13.6. The number of benzene rings is 1. The quantitative estimate of drug-likeness (QED) is 0.807. The molecule has 0 spiro atoms. The number of hydrogen-bond donors (Lipinski definition) is 1. The molecule has 1 aromatic heterocycles. The molecule has 2 aliphatic rings. The smallest absolute Gasteiger partial charge is 0.261 e. The van der Waals surface area contributed by atoms with Crippen LogP contribution in [0.1, 0.15) is 55.2 Å². The summed E-state index contributed by atoms with van der Waals surface area (Å²) in [5, 5.41) is 3.61. The number of aromatic nitrogens is 2. The van der Waals surface area contributed by atoms with Gasteiger partial charge in [-0.05, 0) is 69.3 Å². The summed E-state index contributed by atoms with van der Waals surface area (Å²) < 4.78 is 1.78. The summed E-state index contributed by atoms with van der Waals surface area (Å²) in [6.07, 6.45) is 6.48. The number of amides is 1. The van der Waals surface area contributed by atoms with Gasteiger partial charge in [-0.1, -0.05) is 6.92 Å². The van der Waals surface area contributed by atoms with Gasteiger partial charge in [0.25, 0.3) is 11.5 Å². The number of rotatable bonds is 5. The fourth-order valence-corrected chi connectivity index (χ4v) is 4.48. The molecule has 1 saturated heterocycles. The molecule has 0 radical (unpaired) electrons. The van der Waals surface area contributed by atoms with Crippen LogP contribution in [0.3, 0.4) is 0 Å². The van der Waals surface area contributed by atoms with E-state index in [0.717, 1.165) is 50.5 Å². The molecule has 0 bridgehead atoms.